The molecular formula is C16H20N6O. The molecule has 120 valence electrons. The molecule has 0 unspecified atom stereocenters. The molecule has 4 rings (SSSR count). The Hall–Kier alpha value is -2.44. The molecule has 2 aromatic rings. The highest BCUT2D eigenvalue weighted by Gasteiger charge is 2.24. The van der Waals surface area contributed by atoms with Crippen LogP contribution in [0.4, 0.5) is 11.5 Å². The Morgan fingerprint density at radius 1 is 1.04 bits per heavy atom. The third-order valence-corrected chi connectivity index (χ3v) is 4.75. The fourth-order valence-electron chi connectivity index (χ4n) is 3.42. The van der Waals surface area contributed by atoms with Crippen LogP contribution < -0.4 is 15.4 Å². The number of piperazine rings is 1. The van der Waals surface area contributed by atoms with E-state index in [-0.39, 0.29) is 5.56 Å². The first-order valence-electron chi connectivity index (χ1n) is 8.08. The van der Waals surface area contributed by atoms with Crippen molar-refractivity contribution in [3.8, 4) is 0 Å². The molecule has 0 bridgehead atoms. The molecule has 2 aromatic heterocycles. The minimum atomic E-state index is -0.0708. The van der Waals surface area contributed by atoms with Gasteiger partial charge in [-0.25, -0.2) is 14.6 Å². The van der Waals surface area contributed by atoms with E-state index in [1.165, 1.54) is 22.4 Å². The fraction of sp³-hybridized carbons (Fsp3) is 0.500. The zero-order valence-corrected chi connectivity index (χ0v) is 13.3. The number of nitrogens with zero attached hydrogens (tertiary/aromatic N) is 6. The highest BCUT2D eigenvalue weighted by molar-refractivity contribution is 5.53. The highest BCUT2D eigenvalue weighted by atomic mass is 16.1. The van der Waals surface area contributed by atoms with Gasteiger partial charge in [-0.1, -0.05) is 0 Å². The van der Waals surface area contributed by atoms with Gasteiger partial charge in [-0.05, 0) is 19.3 Å². The highest BCUT2D eigenvalue weighted by Crippen LogP contribution is 2.28. The predicted molar refractivity (Wildman–Crippen MR) is 88.0 cm³/mol. The SMILES string of the molecule is Cn1ncc(N2CCN(c3ncnc4c3CCC4)CC2)cc1=O. The molecule has 0 aromatic carbocycles. The van der Waals surface area contributed by atoms with Crippen molar-refractivity contribution in [2.24, 2.45) is 7.05 Å². The number of hydrogen-bond acceptors (Lipinski definition) is 6. The minimum Gasteiger partial charge on any atom is -0.367 e. The number of hydrogen-bond donors (Lipinski definition) is 0. The Bertz CT molecular complexity index is 778. The summed E-state index contributed by atoms with van der Waals surface area (Å²) in [5.74, 6) is 1.11. The molecule has 0 N–H and O–H groups in total. The fourth-order valence-corrected chi connectivity index (χ4v) is 3.42. The maximum absolute atomic E-state index is 11.7. The molecule has 0 spiro atoms. The molecule has 0 amide bonds. The smallest absolute Gasteiger partial charge is 0.268 e. The minimum absolute atomic E-state index is 0.0708. The third kappa shape index (κ3) is 2.56. The van der Waals surface area contributed by atoms with Crippen molar-refractivity contribution in [2.45, 2.75) is 19.3 Å². The van der Waals surface area contributed by atoms with Crippen LogP contribution in [0.5, 0.6) is 0 Å². The van der Waals surface area contributed by atoms with E-state index < -0.39 is 0 Å². The van der Waals surface area contributed by atoms with Gasteiger partial charge in [-0.15, -0.1) is 0 Å². The van der Waals surface area contributed by atoms with E-state index in [0.29, 0.717) is 0 Å². The second-order valence-corrected chi connectivity index (χ2v) is 6.13. The summed E-state index contributed by atoms with van der Waals surface area (Å²) < 4.78 is 1.35. The summed E-state index contributed by atoms with van der Waals surface area (Å²) in [6.07, 6.45) is 6.80. The predicted octanol–water partition coefficient (Wildman–Crippen LogP) is 0.386. The average Bonchev–Trinajstić information content (AvgIpc) is 3.06. The van der Waals surface area contributed by atoms with E-state index in [4.69, 9.17) is 0 Å². The van der Waals surface area contributed by atoms with Crippen LogP contribution in [0.2, 0.25) is 0 Å². The first-order chi connectivity index (χ1) is 11.2. The summed E-state index contributed by atoms with van der Waals surface area (Å²) in [6.45, 7) is 3.54. The van der Waals surface area contributed by atoms with Crippen molar-refractivity contribution in [1.29, 1.82) is 0 Å². The first kappa shape index (κ1) is 14.2. The van der Waals surface area contributed by atoms with Crippen molar-refractivity contribution in [3.05, 3.63) is 40.2 Å². The van der Waals surface area contributed by atoms with E-state index in [2.05, 4.69) is 24.9 Å². The van der Waals surface area contributed by atoms with Gasteiger partial charge in [0.05, 0.1) is 11.9 Å². The van der Waals surface area contributed by atoms with E-state index in [1.54, 1.807) is 25.6 Å². The van der Waals surface area contributed by atoms with Crippen molar-refractivity contribution >= 4 is 11.5 Å². The second kappa shape index (κ2) is 5.64. The summed E-state index contributed by atoms with van der Waals surface area (Å²) in [5.41, 5.74) is 3.38. The van der Waals surface area contributed by atoms with Gasteiger partial charge >= 0.3 is 0 Å². The van der Waals surface area contributed by atoms with Crippen LogP contribution in [0.15, 0.2) is 23.4 Å². The molecule has 23 heavy (non-hydrogen) atoms. The zero-order valence-electron chi connectivity index (χ0n) is 13.3. The molecule has 7 nitrogen and oxygen atoms in total. The van der Waals surface area contributed by atoms with Crippen molar-refractivity contribution in [3.63, 3.8) is 0 Å². The molecule has 0 saturated carbocycles. The summed E-state index contributed by atoms with van der Waals surface area (Å²) >= 11 is 0. The standard InChI is InChI=1S/C16H20N6O/c1-20-15(23)9-12(10-19-20)21-5-7-22(8-6-21)16-13-3-2-4-14(13)17-11-18-16/h9-11H,2-8H2,1H3. The van der Waals surface area contributed by atoms with Crippen molar-refractivity contribution < 1.29 is 0 Å². The van der Waals surface area contributed by atoms with Crippen LogP contribution in [0.1, 0.15) is 17.7 Å². The Kier molecular flexibility index (Phi) is 3.48. The van der Waals surface area contributed by atoms with Gasteiger partial charge in [-0.3, -0.25) is 4.79 Å². The van der Waals surface area contributed by atoms with Gasteiger partial charge in [-0.2, -0.15) is 5.10 Å². The lowest BCUT2D eigenvalue weighted by Gasteiger charge is -2.37. The first-order valence-corrected chi connectivity index (χ1v) is 8.08. The van der Waals surface area contributed by atoms with Gasteiger partial charge in [0, 0.05) is 50.6 Å². The number of rotatable bonds is 2. The lowest BCUT2D eigenvalue weighted by atomic mass is 10.2. The van der Waals surface area contributed by atoms with Gasteiger partial charge in [0.2, 0.25) is 0 Å². The van der Waals surface area contributed by atoms with E-state index >= 15 is 0 Å². The van der Waals surface area contributed by atoms with Gasteiger partial charge in [0.25, 0.3) is 5.56 Å². The lowest BCUT2D eigenvalue weighted by molar-refractivity contribution is 0.635. The van der Waals surface area contributed by atoms with Gasteiger partial charge in [0.15, 0.2) is 0 Å². The number of aromatic nitrogens is 4. The summed E-state index contributed by atoms with van der Waals surface area (Å²) in [4.78, 5) is 25.2. The van der Waals surface area contributed by atoms with Crippen LogP contribution in [-0.2, 0) is 19.9 Å². The van der Waals surface area contributed by atoms with E-state index in [9.17, 15) is 4.79 Å². The Morgan fingerprint density at radius 2 is 1.83 bits per heavy atom. The lowest BCUT2D eigenvalue weighted by Crippen LogP contribution is -2.47. The summed E-state index contributed by atoms with van der Waals surface area (Å²) in [5, 5.41) is 4.11. The zero-order chi connectivity index (χ0) is 15.8. The van der Waals surface area contributed by atoms with Crippen molar-refractivity contribution in [2.75, 3.05) is 36.0 Å². The quantitative estimate of drug-likeness (QED) is 0.799. The molecule has 1 aliphatic carbocycles. The number of aryl methyl sites for hydroxylation is 2. The molecule has 1 aliphatic heterocycles. The molecule has 2 aliphatic rings. The Morgan fingerprint density at radius 3 is 2.61 bits per heavy atom. The molecular weight excluding hydrogens is 292 g/mol. The summed E-state index contributed by atoms with van der Waals surface area (Å²) in [6, 6.07) is 1.66. The van der Waals surface area contributed by atoms with Crippen LogP contribution >= 0.6 is 0 Å². The second-order valence-electron chi connectivity index (χ2n) is 6.13. The number of fused-ring (bicyclic) bond motifs is 1. The molecule has 7 heteroatoms. The average molecular weight is 312 g/mol. The summed E-state index contributed by atoms with van der Waals surface area (Å²) in [7, 11) is 1.67. The van der Waals surface area contributed by atoms with Crippen LogP contribution in [0.25, 0.3) is 0 Å². The monoisotopic (exact) mass is 312 g/mol. The largest absolute Gasteiger partial charge is 0.367 e. The molecule has 3 heterocycles. The number of anilines is 2. The molecule has 0 radical (unpaired) electrons. The van der Waals surface area contributed by atoms with E-state index in [1.807, 2.05) is 0 Å². The maximum Gasteiger partial charge on any atom is 0.268 e. The molecule has 1 fully saturated rings. The molecule has 0 atom stereocenters. The Balaban J connectivity index is 1.50. The van der Waals surface area contributed by atoms with Crippen LogP contribution in [0, 0.1) is 0 Å². The van der Waals surface area contributed by atoms with Gasteiger partial charge < -0.3 is 9.80 Å². The van der Waals surface area contributed by atoms with Crippen LogP contribution in [-0.4, -0.2) is 45.9 Å². The normalized spacial score (nSPS) is 17.4. The topological polar surface area (TPSA) is 67.2 Å². The maximum atomic E-state index is 11.7. The van der Waals surface area contributed by atoms with Crippen molar-refractivity contribution in [1.82, 2.24) is 19.7 Å². The van der Waals surface area contributed by atoms with Gasteiger partial charge in [0.1, 0.15) is 12.1 Å². The third-order valence-electron chi connectivity index (χ3n) is 4.75. The molecule has 1 saturated heterocycles. The Labute approximate surface area is 134 Å². The van der Waals surface area contributed by atoms with Crippen LogP contribution in [0.3, 0.4) is 0 Å². The van der Waals surface area contributed by atoms with E-state index in [0.717, 1.165) is 50.5 Å².